The minimum Gasteiger partial charge on any atom is -0.450 e. The van der Waals surface area contributed by atoms with Crippen molar-refractivity contribution in [3.8, 4) is 34.0 Å². The lowest BCUT2D eigenvalue weighted by Crippen LogP contribution is -2.48. The van der Waals surface area contributed by atoms with E-state index in [4.69, 9.17) is 20.9 Å². The summed E-state index contributed by atoms with van der Waals surface area (Å²) in [6.07, 6.45) is 0.231. The maximum absolute atomic E-state index is 13.3. The van der Waals surface area contributed by atoms with Crippen molar-refractivity contribution in [3.05, 3.63) is 119 Å². The van der Waals surface area contributed by atoms with Crippen LogP contribution in [0.4, 0.5) is 9.18 Å². The van der Waals surface area contributed by atoms with Crippen LogP contribution >= 0.6 is 11.6 Å². The second-order valence-electron chi connectivity index (χ2n) is 10.8. The molecule has 7 nitrogen and oxygen atoms in total. The van der Waals surface area contributed by atoms with Gasteiger partial charge in [-0.05, 0) is 41.0 Å². The van der Waals surface area contributed by atoms with Gasteiger partial charge in [0.2, 0.25) is 5.82 Å². The Balaban J connectivity index is 1.08. The van der Waals surface area contributed by atoms with Crippen molar-refractivity contribution in [3.63, 3.8) is 0 Å². The summed E-state index contributed by atoms with van der Waals surface area (Å²) in [5.74, 6) is 0.553. The average Bonchev–Trinajstić information content (AvgIpc) is 3.51. The quantitative estimate of drug-likeness (QED) is 0.181. The zero-order chi connectivity index (χ0) is 29.8. The van der Waals surface area contributed by atoms with Crippen LogP contribution in [-0.2, 0) is 17.7 Å². The van der Waals surface area contributed by atoms with Gasteiger partial charge in [0.15, 0.2) is 0 Å². The number of benzene rings is 4. The van der Waals surface area contributed by atoms with Crippen molar-refractivity contribution >= 4 is 17.8 Å². The highest BCUT2D eigenvalue weighted by Gasteiger charge is 2.38. The number of carboxylic acid groups (broad SMARTS) is 1. The van der Waals surface area contributed by atoms with Crippen molar-refractivity contribution in [2.75, 3.05) is 13.1 Å². The largest absolute Gasteiger partial charge is 0.506 e. The van der Waals surface area contributed by atoms with Gasteiger partial charge in [-0.3, -0.25) is 4.90 Å². The van der Waals surface area contributed by atoms with E-state index in [0.717, 1.165) is 33.4 Å². The number of halogens is 2. The highest BCUT2D eigenvalue weighted by atomic mass is 35.5. The lowest BCUT2D eigenvalue weighted by molar-refractivity contribution is -0.0570. The highest BCUT2D eigenvalue weighted by molar-refractivity contribution is 6.33. The lowest BCUT2D eigenvalue weighted by Gasteiger charge is -2.40. The van der Waals surface area contributed by atoms with Gasteiger partial charge in [-0.25, -0.2) is 9.18 Å². The van der Waals surface area contributed by atoms with Gasteiger partial charge in [0, 0.05) is 60.6 Å². The SMILES string of the molecule is O=C(O)OC1(Cc2ccc(F)cc2)CCN(Cc2ccc(-c3noc(-c4ccc(-c5ccccc5)c(Cl)c4)n3)cc2)CC1. The molecule has 0 amide bonds. The van der Waals surface area contributed by atoms with Crippen molar-refractivity contribution in [2.45, 2.75) is 31.4 Å². The predicted molar refractivity (Wildman–Crippen MR) is 162 cm³/mol. The monoisotopic (exact) mass is 597 g/mol. The molecule has 1 saturated heterocycles. The summed E-state index contributed by atoms with van der Waals surface area (Å²) in [6, 6.07) is 29.8. The third-order valence-electron chi connectivity index (χ3n) is 7.86. The van der Waals surface area contributed by atoms with E-state index >= 15 is 0 Å². The van der Waals surface area contributed by atoms with Gasteiger partial charge < -0.3 is 14.4 Å². The molecule has 1 aromatic heterocycles. The molecule has 0 spiro atoms. The molecule has 0 aliphatic carbocycles. The molecule has 5 aromatic rings. The number of rotatable bonds is 8. The van der Waals surface area contributed by atoms with Crippen molar-refractivity contribution in [1.82, 2.24) is 15.0 Å². The summed E-state index contributed by atoms with van der Waals surface area (Å²) in [4.78, 5) is 18.3. The van der Waals surface area contributed by atoms with Crippen LogP contribution in [0.15, 0.2) is 102 Å². The van der Waals surface area contributed by atoms with Crippen LogP contribution < -0.4 is 0 Å². The van der Waals surface area contributed by atoms with Crippen LogP contribution in [0.1, 0.15) is 24.0 Å². The minimum atomic E-state index is -1.29. The summed E-state index contributed by atoms with van der Waals surface area (Å²) >= 11 is 6.57. The standard InChI is InChI=1S/C34H29ClFN3O4/c35-30-20-27(12-15-29(30)25-4-2-1-3-5-25)32-37-31(38-43-32)26-10-6-24(7-11-26)22-39-18-16-34(17-19-39,42-33(40)41)21-23-8-13-28(36)14-9-23/h1-15,20H,16-19,21-22H2,(H,40,41). The van der Waals surface area contributed by atoms with Gasteiger partial charge in [0.05, 0.1) is 0 Å². The van der Waals surface area contributed by atoms with Crippen LogP contribution in [0.2, 0.25) is 5.02 Å². The molecule has 0 bridgehead atoms. The fraction of sp³-hybridized carbons (Fsp3) is 0.206. The molecule has 0 atom stereocenters. The first-order valence-corrected chi connectivity index (χ1v) is 14.4. The van der Waals surface area contributed by atoms with Crippen LogP contribution in [0.25, 0.3) is 34.0 Å². The Morgan fingerprint density at radius 1 is 0.907 bits per heavy atom. The number of hydrogen-bond acceptors (Lipinski definition) is 6. The van der Waals surface area contributed by atoms with Crippen LogP contribution in [0.5, 0.6) is 0 Å². The fourth-order valence-corrected chi connectivity index (χ4v) is 5.86. The number of likely N-dealkylation sites (tertiary alicyclic amines) is 1. The Kier molecular flexibility index (Phi) is 8.22. The van der Waals surface area contributed by atoms with Crippen molar-refractivity contribution in [1.29, 1.82) is 0 Å². The topological polar surface area (TPSA) is 88.7 Å². The number of carbonyl (C=O) groups is 1. The van der Waals surface area contributed by atoms with E-state index in [2.05, 4.69) is 15.0 Å². The van der Waals surface area contributed by atoms with Crippen LogP contribution in [0.3, 0.4) is 0 Å². The molecule has 218 valence electrons. The molecule has 1 fully saturated rings. The molecule has 1 aliphatic rings. The Bertz CT molecular complexity index is 1700. The molecule has 0 radical (unpaired) electrons. The molecule has 1 N–H and O–H groups in total. The summed E-state index contributed by atoms with van der Waals surface area (Å²) in [5, 5.41) is 14.2. The third-order valence-corrected chi connectivity index (χ3v) is 8.17. The first-order chi connectivity index (χ1) is 20.9. The van der Waals surface area contributed by atoms with Gasteiger partial charge in [0.1, 0.15) is 11.4 Å². The van der Waals surface area contributed by atoms with Gasteiger partial charge >= 0.3 is 6.16 Å². The molecular weight excluding hydrogens is 569 g/mol. The number of nitrogens with zero attached hydrogens (tertiary/aromatic N) is 3. The first kappa shape index (κ1) is 28.6. The van der Waals surface area contributed by atoms with Crippen LogP contribution in [-0.4, -0.2) is 45.0 Å². The normalized spacial score (nSPS) is 14.8. The Hall–Kier alpha value is -4.53. The first-order valence-electron chi connectivity index (χ1n) is 14.0. The molecular formula is C34H29ClFN3O4. The van der Waals surface area contributed by atoms with Gasteiger partial charge in [-0.1, -0.05) is 89.6 Å². The molecule has 2 heterocycles. The number of hydrogen-bond donors (Lipinski definition) is 1. The minimum absolute atomic E-state index is 0.323. The van der Waals surface area contributed by atoms with Crippen molar-refractivity contribution in [2.24, 2.45) is 0 Å². The number of ether oxygens (including phenoxy) is 1. The smallest absolute Gasteiger partial charge is 0.450 e. The summed E-state index contributed by atoms with van der Waals surface area (Å²) in [7, 11) is 0. The Morgan fingerprint density at radius 2 is 1.58 bits per heavy atom. The predicted octanol–water partition coefficient (Wildman–Crippen LogP) is 8.14. The van der Waals surface area contributed by atoms with E-state index in [-0.39, 0.29) is 5.82 Å². The van der Waals surface area contributed by atoms with E-state index < -0.39 is 11.8 Å². The van der Waals surface area contributed by atoms with Crippen molar-refractivity contribution < 1.29 is 23.6 Å². The molecule has 0 saturated carbocycles. The van der Waals surface area contributed by atoms with E-state index in [1.165, 1.54) is 12.1 Å². The number of aromatic nitrogens is 2. The molecule has 43 heavy (non-hydrogen) atoms. The molecule has 9 heteroatoms. The van der Waals surface area contributed by atoms with E-state index in [0.29, 0.717) is 55.6 Å². The number of piperidine rings is 1. The average molecular weight is 598 g/mol. The molecule has 1 aliphatic heterocycles. The van der Waals surface area contributed by atoms with Gasteiger partial charge in [-0.15, -0.1) is 0 Å². The van der Waals surface area contributed by atoms with Gasteiger partial charge in [0.25, 0.3) is 5.89 Å². The fourth-order valence-electron chi connectivity index (χ4n) is 5.57. The van der Waals surface area contributed by atoms with Crippen LogP contribution in [0, 0.1) is 5.82 Å². The Labute approximate surface area is 253 Å². The molecule has 0 unspecified atom stereocenters. The second kappa shape index (κ2) is 12.4. The molecule has 4 aromatic carbocycles. The Morgan fingerprint density at radius 3 is 2.26 bits per heavy atom. The second-order valence-corrected chi connectivity index (χ2v) is 11.2. The summed E-state index contributed by atoms with van der Waals surface area (Å²) in [5.41, 5.74) is 4.68. The van der Waals surface area contributed by atoms with Gasteiger partial charge in [-0.2, -0.15) is 4.98 Å². The molecule has 6 rings (SSSR count). The summed E-state index contributed by atoms with van der Waals surface area (Å²) < 4.78 is 24.3. The van der Waals surface area contributed by atoms with E-state index in [1.54, 1.807) is 12.1 Å². The maximum atomic E-state index is 13.3. The third kappa shape index (κ3) is 6.77. The zero-order valence-electron chi connectivity index (χ0n) is 23.2. The maximum Gasteiger partial charge on any atom is 0.506 e. The highest BCUT2D eigenvalue weighted by Crippen LogP contribution is 2.33. The lowest BCUT2D eigenvalue weighted by atomic mass is 9.85. The summed E-state index contributed by atoms with van der Waals surface area (Å²) in [6.45, 7) is 2.07. The van der Waals surface area contributed by atoms with E-state index in [9.17, 15) is 14.3 Å². The van der Waals surface area contributed by atoms with E-state index in [1.807, 2.05) is 72.8 Å². The zero-order valence-corrected chi connectivity index (χ0v) is 24.0.